The maximum atomic E-state index is 11.4. The Morgan fingerprint density at radius 2 is 2.43 bits per heavy atom. The molecule has 0 unspecified atom stereocenters. The summed E-state index contributed by atoms with van der Waals surface area (Å²) in [4.78, 5) is 12.4. The van der Waals surface area contributed by atoms with Crippen LogP contribution in [0.4, 0.5) is 0 Å². The van der Waals surface area contributed by atoms with E-state index in [1.165, 1.54) is 0 Å². The predicted octanol–water partition coefficient (Wildman–Crippen LogP) is 1.60. The van der Waals surface area contributed by atoms with Crippen molar-refractivity contribution in [2.45, 2.75) is 6.42 Å². The maximum Gasteiger partial charge on any atom is 0.163 e. The summed E-state index contributed by atoms with van der Waals surface area (Å²) in [6.07, 6.45) is 0.433. The summed E-state index contributed by atoms with van der Waals surface area (Å²) in [5, 5.41) is 1.95. The molecule has 0 spiro atoms. The number of thiophene rings is 1. The van der Waals surface area contributed by atoms with Crippen LogP contribution in [0.2, 0.25) is 0 Å². The molecule has 78 valence electrons. The molecule has 2 N–H and O–H groups in total. The Hall–Kier alpha value is -0.230. The minimum absolute atomic E-state index is 0.0848. The number of hydrogen-bond donors (Lipinski definition) is 1. The highest BCUT2D eigenvalue weighted by molar-refractivity contribution is 9.10. The molecule has 1 aromatic rings. The SMILES string of the molecule is NCCOCC(=O)Cc1sccc1Br. The lowest BCUT2D eigenvalue weighted by Gasteiger charge is -2.00. The molecular weight excluding hydrogens is 266 g/mol. The highest BCUT2D eigenvalue weighted by atomic mass is 79.9. The zero-order valence-corrected chi connectivity index (χ0v) is 10.1. The van der Waals surface area contributed by atoms with Crippen molar-refractivity contribution in [1.82, 2.24) is 0 Å². The van der Waals surface area contributed by atoms with E-state index in [1.807, 2.05) is 11.4 Å². The third-order valence-electron chi connectivity index (χ3n) is 1.57. The number of ketones is 1. The minimum atomic E-state index is 0.0848. The van der Waals surface area contributed by atoms with Crippen LogP contribution in [-0.4, -0.2) is 25.5 Å². The third kappa shape index (κ3) is 3.88. The summed E-state index contributed by atoms with van der Waals surface area (Å²) in [5.41, 5.74) is 5.23. The van der Waals surface area contributed by atoms with Gasteiger partial charge in [-0.05, 0) is 27.4 Å². The lowest BCUT2D eigenvalue weighted by Crippen LogP contribution is -2.15. The topological polar surface area (TPSA) is 52.3 Å². The molecule has 3 nitrogen and oxygen atoms in total. The molecule has 0 radical (unpaired) electrons. The number of Topliss-reactive ketones (excluding diaryl/α,β-unsaturated/α-hetero) is 1. The molecule has 0 atom stereocenters. The van der Waals surface area contributed by atoms with Crippen molar-refractivity contribution in [2.75, 3.05) is 19.8 Å². The van der Waals surface area contributed by atoms with Gasteiger partial charge < -0.3 is 10.5 Å². The van der Waals surface area contributed by atoms with Gasteiger partial charge in [0.15, 0.2) is 5.78 Å². The zero-order chi connectivity index (χ0) is 10.4. The molecule has 0 saturated heterocycles. The predicted molar refractivity (Wildman–Crippen MR) is 60.6 cm³/mol. The molecule has 0 bridgehead atoms. The zero-order valence-electron chi connectivity index (χ0n) is 7.66. The summed E-state index contributed by atoms with van der Waals surface area (Å²) in [5.74, 6) is 0.0848. The molecule has 1 rings (SSSR count). The molecule has 5 heteroatoms. The molecule has 0 amide bonds. The first kappa shape index (κ1) is 11.8. The van der Waals surface area contributed by atoms with Crippen LogP contribution in [0.1, 0.15) is 4.88 Å². The minimum Gasteiger partial charge on any atom is -0.372 e. The van der Waals surface area contributed by atoms with E-state index >= 15 is 0 Å². The van der Waals surface area contributed by atoms with E-state index < -0.39 is 0 Å². The molecular formula is C9H12BrNO2S. The Labute approximate surface area is 95.4 Å². The van der Waals surface area contributed by atoms with E-state index in [1.54, 1.807) is 11.3 Å². The van der Waals surface area contributed by atoms with Gasteiger partial charge in [-0.3, -0.25) is 4.79 Å². The first-order valence-electron chi connectivity index (χ1n) is 4.25. The first-order chi connectivity index (χ1) is 6.74. The van der Waals surface area contributed by atoms with Gasteiger partial charge in [-0.25, -0.2) is 0 Å². The lowest BCUT2D eigenvalue weighted by molar-refractivity contribution is -0.122. The number of rotatable bonds is 6. The van der Waals surface area contributed by atoms with Crippen LogP contribution in [0.25, 0.3) is 0 Å². The molecule has 0 saturated carbocycles. The van der Waals surface area contributed by atoms with E-state index in [0.717, 1.165) is 9.35 Å². The molecule has 0 fully saturated rings. The highest BCUT2D eigenvalue weighted by Gasteiger charge is 2.07. The Kier molecular flexibility index (Phi) is 5.32. The van der Waals surface area contributed by atoms with Gasteiger partial charge in [0.2, 0.25) is 0 Å². The van der Waals surface area contributed by atoms with Gasteiger partial charge in [0.05, 0.1) is 6.61 Å². The van der Waals surface area contributed by atoms with Crippen LogP contribution in [0.3, 0.4) is 0 Å². The largest absolute Gasteiger partial charge is 0.372 e. The Bertz CT molecular complexity index is 301. The van der Waals surface area contributed by atoms with Gasteiger partial charge in [0.1, 0.15) is 6.61 Å². The number of carbonyl (C=O) groups excluding carboxylic acids is 1. The summed E-state index contributed by atoms with van der Waals surface area (Å²) in [6, 6.07) is 1.94. The highest BCUT2D eigenvalue weighted by Crippen LogP contribution is 2.23. The summed E-state index contributed by atoms with van der Waals surface area (Å²) >= 11 is 4.94. The summed E-state index contributed by atoms with van der Waals surface area (Å²) < 4.78 is 6.04. The number of halogens is 1. The van der Waals surface area contributed by atoms with E-state index in [0.29, 0.717) is 19.6 Å². The van der Waals surface area contributed by atoms with Crippen molar-refractivity contribution < 1.29 is 9.53 Å². The molecule has 0 aliphatic heterocycles. The number of carbonyl (C=O) groups is 1. The van der Waals surface area contributed by atoms with Crippen molar-refractivity contribution in [1.29, 1.82) is 0 Å². The van der Waals surface area contributed by atoms with Gasteiger partial charge in [0.25, 0.3) is 0 Å². The van der Waals surface area contributed by atoms with E-state index in [2.05, 4.69) is 15.9 Å². The van der Waals surface area contributed by atoms with Crippen molar-refractivity contribution in [3.8, 4) is 0 Å². The number of nitrogens with two attached hydrogens (primary N) is 1. The maximum absolute atomic E-state index is 11.4. The van der Waals surface area contributed by atoms with Gasteiger partial charge in [-0.15, -0.1) is 11.3 Å². The smallest absolute Gasteiger partial charge is 0.163 e. The van der Waals surface area contributed by atoms with Crippen LogP contribution < -0.4 is 5.73 Å². The van der Waals surface area contributed by atoms with Gasteiger partial charge in [-0.2, -0.15) is 0 Å². The fraction of sp³-hybridized carbons (Fsp3) is 0.444. The van der Waals surface area contributed by atoms with Crippen molar-refractivity contribution in [3.05, 3.63) is 20.8 Å². The second-order valence-corrected chi connectivity index (χ2v) is 4.60. The summed E-state index contributed by atoms with van der Waals surface area (Å²) in [7, 11) is 0. The Morgan fingerprint density at radius 1 is 1.64 bits per heavy atom. The average molecular weight is 278 g/mol. The third-order valence-corrected chi connectivity index (χ3v) is 3.50. The Balaban J connectivity index is 2.31. The van der Waals surface area contributed by atoms with Crippen LogP contribution in [-0.2, 0) is 16.0 Å². The second-order valence-electron chi connectivity index (χ2n) is 2.75. The van der Waals surface area contributed by atoms with Gasteiger partial charge >= 0.3 is 0 Å². The van der Waals surface area contributed by atoms with Gasteiger partial charge in [-0.1, -0.05) is 0 Å². The van der Waals surface area contributed by atoms with Crippen LogP contribution in [0.5, 0.6) is 0 Å². The summed E-state index contributed by atoms with van der Waals surface area (Å²) in [6.45, 7) is 1.05. The van der Waals surface area contributed by atoms with E-state index in [-0.39, 0.29) is 12.4 Å². The molecule has 0 aliphatic carbocycles. The average Bonchev–Trinajstić information content (AvgIpc) is 2.52. The van der Waals surface area contributed by atoms with Crippen molar-refractivity contribution in [2.24, 2.45) is 5.73 Å². The van der Waals surface area contributed by atoms with E-state index in [4.69, 9.17) is 10.5 Å². The monoisotopic (exact) mass is 277 g/mol. The molecule has 0 aromatic carbocycles. The lowest BCUT2D eigenvalue weighted by atomic mass is 10.2. The van der Waals surface area contributed by atoms with Crippen LogP contribution >= 0.6 is 27.3 Å². The number of ether oxygens (including phenoxy) is 1. The van der Waals surface area contributed by atoms with Crippen LogP contribution in [0.15, 0.2) is 15.9 Å². The quantitative estimate of drug-likeness (QED) is 0.804. The molecule has 14 heavy (non-hydrogen) atoms. The fourth-order valence-electron chi connectivity index (χ4n) is 0.951. The number of hydrogen-bond acceptors (Lipinski definition) is 4. The van der Waals surface area contributed by atoms with Crippen molar-refractivity contribution >= 4 is 33.0 Å². The molecule has 1 heterocycles. The molecule has 0 aliphatic rings. The Morgan fingerprint density at radius 3 is 3.00 bits per heavy atom. The fourth-order valence-corrected chi connectivity index (χ4v) is 2.47. The van der Waals surface area contributed by atoms with Gasteiger partial charge in [0, 0.05) is 22.3 Å². The standard InChI is InChI=1S/C9H12BrNO2S/c10-8-1-4-14-9(8)5-7(12)6-13-3-2-11/h1,4H,2-3,5-6,11H2. The van der Waals surface area contributed by atoms with E-state index in [9.17, 15) is 4.79 Å². The second kappa shape index (κ2) is 6.29. The molecule has 1 aromatic heterocycles. The van der Waals surface area contributed by atoms with Crippen LogP contribution in [0, 0.1) is 0 Å². The first-order valence-corrected chi connectivity index (χ1v) is 5.92. The van der Waals surface area contributed by atoms with Crippen molar-refractivity contribution in [3.63, 3.8) is 0 Å². The normalized spacial score (nSPS) is 10.4.